The summed E-state index contributed by atoms with van der Waals surface area (Å²) in [6, 6.07) is 6.47. The highest BCUT2D eigenvalue weighted by molar-refractivity contribution is 5.41. The molecule has 0 amide bonds. The Morgan fingerprint density at radius 3 is 2.88 bits per heavy atom. The van der Waals surface area contributed by atoms with Gasteiger partial charge in [0.15, 0.2) is 0 Å². The largest absolute Gasteiger partial charge is 0.487 e. The SMILES string of the molecule is Cc1ccc2c(c1)OC1(CCNCC1)CC2N. The van der Waals surface area contributed by atoms with E-state index in [1.165, 1.54) is 11.1 Å². The van der Waals surface area contributed by atoms with Crippen LogP contribution in [-0.2, 0) is 0 Å². The van der Waals surface area contributed by atoms with Crippen LogP contribution in [-0.4, -0.2) is 18.7 Å². The third-order valence-corrected chi connectivity index (χ3v) is 4.00. The van der Waals surface area contributed by atoms with Gasteiger partial charge < -0.3 is 15.8 Å². The highest BCUT2D eigenvalue weighted by atomic mass is 16.5. The lowest BCUT2D eigenvalue weighted by molar-refractivity contribution is 0.00788. The zero-order valence-electron chi connectivity index (χ0n) is 10.3. The van der Waals surface area contributed by atoms with Gasteiger partial charge in [-0.25, -0.2) is 0 Å². The molecular weight excluding hydrogens is 212 g/mol. The Labute approximate surface area is 102 Å². The van der Waals surface area contributed by atoms with Gasteiger partial charge in [-0.2, -0.15) is 0 Å². The third-order valence-electron chi connectivity index (χ3n) is 4.00. The fourth-order valence-electron chi connectivity index (χ4n) is 3.01. The predicted octanol–water partition coefficient (Wildman–Crippen LogP) is 1.90. The lowest BCUT2D eigenvalue weighted by Gasteiger charge is -2.44. The summed E-state index contributed by atoms with van der Waals surface area (Å²) in [6.45, 7) is 4.17. The van der Waals surface area contributed by atoms with Crippen molar-refractivity contribution < 1.29 is 4.74 Å². The van der Waals surface area contributed by atoms with Crippen LogP contribution in [0.2, 0.25) is 0 Å². The summed E-state index contributed by atoms with van der Waals surface area (Å²) in [5.41, 5.74) is 8.68. The van der Waals surface area contributed by atoms with Crippen LogP contribution in [0.1, 0.15) is 36.4 Å². The number of fused-ring (bicyclic) bond motifs is 1. The monoisotopic (exact) mass is 232 g/mol. The first-order chi connectivity index (χ1) is 8.19. The van der Waals surface area contributed by atoms with E-state index < -0.39 is 0 Å². The number of nitrogens with two attached hydrogens (primary N) is 1. The quantitative estimate of drug-likeness (QED) is 0.718. The number of aryl methyl sites for hydroxylation is 1. The molecule has 1 saturated heterocycles. The van der Waals surface area contributed by atoms with Crippen LogP contribution in [0.25, 0.3) is 0 Å². The van der Waals surface area contributed by atoms with Crippen LogP contribution in [0, 0.1) is 6.92 Å². The number of ether oxygens (including phenoxy) is 1. The minimum absolute atomic E-state index is 0.0224. The number of hydrogen-bond donors (Lipinski definition) is 2. The van der Waals surface area contributed by atoms with Gasteiger partial charge in [0.2, 0.25) is 0 Å². The van der Waals surface area contributed by atoms with Crippen LogP contribution in [0.4, 0.5) is 0 Å². The molecule has 3 nitrogen and oxygen atoms in total. The Balaban J connectivity index is 1.95. The van der Waals surface area contributed by atoms with E-state index in [0.29, 0.717) is 0 Å². The van der Waals surface area contributed by atoms with Gasteiger partial charge in [0.25, 0.3) is 0 Å². The van der Waals surface area contributed by atoms with Crippen LogP contribution in [0.3, 0.4) is 0 Å². The van der Waals surface area contributed by atoms with Crippen molar-refractivity contribution in [3.8, 4) is 5.75 Å². The fourth-order valence-corrected chi connectivity index (χ4v) is 3.01. The topological polar surface area (TPSA) is 47.3 Å². The fraction of sp³-hybridized carbons (Fsp3) is 0.571. The second-order valence-corrected chi connectivity index (χ2v) is 5.39. The average Bonchev–Trinajstić information content (AvgIpc) is 2.29. The molecular formula is C14H20N2O. The molecule has 1 aromatic carbocycles. The van der Waals surface area contributed by atoms with Crippen molar-refractivity contribution in [3.05, 3.63) is 29.3 Å². The van der Waals surface area contributed by atoms with Crippen molar-refractivity contribution in [2.24, 2.45) is 5.73 Å². The zero-order chi connectivity index (χ0) is 11.9. The van der Waals surface area contributed by atoms with Gasteiger partial charge in [-0.3, -0.25) is 0 Å². The molecule has 17 heavy (non-hydrogen) atoms. The molecule has 0 radical (unpaired) electrons. The molecule has 2 aliphatic heterocycles. The lowest BCUT2D eigenvalue weighted by Crippen LogP contribution is -2.50. The summed E-state index contributed by atoms with van der Waals surface area (Å²) in [6.07, 6.45) is 3.08. The van der Waals surface area contributed by atoms with Gasteiger partial charge in [-0.1, -0.05) is 12.1 Å². The molecule has 92 valence electrons. The van der Waals surface area contributed by atoms with E-state index in [9.17, 15) is 0 Å². The smallest absolute Gasteiger partial charge is 0.125 e. The maximum Gasteiger partial charge on any atom is 0.125 e. The first kappa shape index (κ1) is 11.1. The van der Waals surface area contributed by atoms with Crippen molar-refractivity contribution in [2.45, 2.75) is 37.8 Å². The molecule has 2 heterocycles. The van der Waals surface area contributed by atoms with Gasteiger partial charge in [0.1, 0.15) is 11.4 Å². The minimum atomic E-state index is -0.0224. The maximum absolute atomic E-state index is 6.30. The molecule has 1 unspecified atom stereocenters. The van der Waals surface area contributed by atoms with E-state index in [1.807, 2.05) is 0 Å². The number of hydrogen-bond acceptors (Lipinski definition) is 3. The summed E-state index contributed by atoms with van der Waals surface area (Å²) in [5.74, 6) is 1.01. The summed E-state index contributed by atoms with van der Waals surface area (Å²) in [5, 5.41) is 3.39. The molecule has 0 aliphatic carbocycles. The average molecular weight is 232 g/mol. The minimum Gasteiger partial charge on any atom is -0.487 e. The number of nitrogens with one attached hydrogen (secondary N) is 1. The van der Waals surface area contributed by atoms with Gasteiger partial charge in [-0.15, -0.1) is 0 Å². The summed E-state index contributed by atoms with van der Waals surface area (Å²) in [4.78, 5) is 0. The summed E-state index contributed by atoms with van der Waals surface area (Å²) >= 11 is 0. The Morgan fingerprint density at radius 2 is 2.12 bits per heavy atom. The highest BCUT2D eigenvalue weighted by Crippen LogP contribution is 2.42. The van der Waals surface area contributed by atoms with Crippen molar-refractivity contribution in [1.29, 1.82) is 0 Å². The Hall–Kier alpha value is -1.06. The van der Waals surface area contributed by atoms with Gasteiger partial charge in [-0.05, 0) is 44.5 Å². The first-order valence-electron chi connectivity index (χ1n) is 6.44. The zero-order valence-corrected chi connectivity index (χ0v) is 10.3. The number of rotatable bonds is 0. The maximum atomic E-state index is 6.30. The first-order valence-corrected chi connectivity index (χ1v) is 6.44. The second kappa shape index (κ2) is 4.00. The molecule has 2 aliphatic rings. The van der Waals surface area contributed by atoms with Crippen molar-refractivity contribution in [3.63, 3.8) is 0 Å². The highest BCUT2D eigenvalue weighted by Gasteiger charge is 2.40. The molecule has 3 N–H and O–H groups in total. The number of piperidine rings is 1. The molecule has 3 heteroatoms. The van der Waals surface area contributed by atoms with Crippen LogP contribution < -0.4 is 15.8 Å². The number of benzene rings is 1. The lowest BCUT2D eigenvalue weighted by atomic mass is 9.81. The van der Waals surface area contributed by atoms with E-state index in [1.54, 1.807) is 0 Å². The Bertz CT molecular complexity index is 424. The summed E-state index contributed by atoms with van der Waals surface area (Å²) in [7, 11) is 0. The van der Waals surface area contributed by atoms with E-state index in [0.717, 1.165) is 38.1 Å². The molecule has 1 spiro atoms. The Kier molecular flexibility index (Phi) is 2.60. The van der Waals surface area contributed by atoms with Crippen LogP contribution >= 0.6 is 0 Å². The van der Waals surface area contributed by atoms with Crippen molar-refractivity contribution >= 4 is 0 Å². The molecule has 3 rings (SSSR count). The summed E-state index contributed by atoms with van der Waals surface area (Å²) < 4.78 is 6.29. The van der Waals surface area contributed by atoms with E-state index >= 15 is 0 Å². The Morgan fingerprint density at radius 1 is 1.35 bits per heavy atom. The molecule has 1 atom stereocenters. The van der Waals surface area contributed by atoms with Gasteiger partial charge in [0.05, 0.1) is 0 Å². The van der Waals surface area contributed by atoms with E-state index in [4.69, 9.17) is 10.5 Å². The second-order valence-electron chi connectivity index (χ2n) is 5.39. The molecule has 0 saturated carbocycles. The molecule has 0 aromatic heterocycles. The third kappa shape index (κ3) is 1.94. The molecule has 0 bridgehead atoms. The normalized spacial score (nSPS) is 26.4. The van der Waals surface area contributed by atoms with Crippen molar-refractivity contribution in [2.75, 3.05) is 13.1 Å². The molecule has 1 fully saturated rings. The van der Waals surface area contributed by atoms with Gasteiger partial charge in [0, 0.05) is 18.0 Å². The standard InChI is InChI=1S/C14H20N2O/c1-10-2-3-11-12(15)9-14(17-13(11)8-10)4-6-16-7-5-14/h2-3,8,12,16H,4-7,9,15H2,1H3. The van der Waals surface area contributed by atoms with Gasteiger partial charge >= 0.3 is 0 Å². The van der Waals surface area contributed by atoms with E-state index in [-0.39, 0.29) is 11.6 Å². The van der Waals surface area contributed by atoms with E-state index in [2.05, 4.69) is 30.4 Å². The van der Waals surface area contributed by atoms with Crippen LogP contribution in [0.5, 0.6) is 5.75 Å². The van der Waals surface area contributed by atoms with Crippen molar-refractivity contribution in [1.82, 2.24) is 5.32 Å². The molecule has 1 aromatic rings. The predicted molar refractivity (Wildman–Crippen MR) is 68.2 cm³/mol. The van der Waals surface area contributed by atoms with Crippen LogP contribution in [0.15, 0.2) is 18.2 Å².